The summed E-state index contributed by atoms with van der Waals surface area (Å²) >= 11 is 2.28. The second-order valence-corrected chi connectivity index (χ2v) is 6.06. The molecular formula is C14H17IN6. The van der Waals surface area contributed by atoms with Crippen molar-refractivity contribution in [3.05, 3.63) is 40.0 Å². The van der Waals surface area contributed by atoms with Crippen molar-refractivity contribution in [1.29, 1.82) is 0 Å². The molecule has 110 valence electrons. The van der Waals surface area contributed by atoms with Crippen LogP contribution < -0.4 is 15.5 Å². The van der Waals surface area contributed by atoms with E-state index >= 15 is 0 Å². The van der Waals surface area contributed by atoms with E-state index in [1.807, 2.05) is 24.5 Å². The molecule has 2 aromatic heterocycles. The van der Waals surface area contributed by atoms with Crippen molar-refractivity contribution in [3.63, 3.8) is 0 Å². The summed E-state index contributed by atoms with van der Waals surface area (Å²) in [5.74, 6) is 2.04. The molecule has 7 heteroatoms. The minimum Gasteiger partial charge on any atom is -0.353 e. The molecule has 0 bridgehead atoms. The monoisotopic (exact) mass is 396 g/mol. The maximum atomic E-state index is 5.60. The highest BCUT2D eigenvalue weighted by atomic mass is 127. The van der Waals surface area contributed by atoms with Gasteiger partial charge in [0.05, 0.1) is 3.57 Å². The summed E-state index contributed by atoms with van der Waals surface area (Å²) in [6.45, 7) is 4.29. The molecule has 0 radical (unpaired) electrons. The third-order valence-corrected chi connectivity index (χ3v) is 4.36. The first kappa shape index (κ1) is 14.5. The molecule has 1 fully saturated rings. The standard InChI is InChI=1S/C14H17IN6/c15-12-9-17-10-19-14(12)21-5-3-20(4-6-21)13-2-1-11(7-16)8-18-13/h1-2,8-10H,3-7,16H2. The maximum Gasteiger partial charge on any atom is 0.145 e. The number of rotatable bonds is 3. The lowest BCUT2D eigenvalue weighted by Gasteiger charge is -2.36. The Kier molecular flexibility index (Phi) is 4.49. The Morgan fingerprint density at radius 3 is 2.43 bits per heavy atom. The fraction of sp³-hybridized carbons (Fsp3) is 0.357. The van der Waals surface area contributed by atoms with Crippen LogP contribution in [0, 0.1) is 3.57 Å². The zero-order valence-corrected chi connectivity index (χ0v) is 13.8. The summed E-state index contributed by atoms with van der Waals surface area (Å²) < 4.78 is 1.09. The van der Waals surface area contributed by atoms with Gasteiger partial charge in [0.2, 0.25) is 0 Å². The molecule has 1 saturated heterocycles. The van der Waals surface area contributed by atoms with Crippen LogP contribution >= 0.6 is 22.6 Å². The van der Waals surface area contributed by atoms with Crippen LogP contribution in [0.5, 0.6) is 0 Å². The number of hydrogen-bond acceptors (Lipinski definition) is 6. The van der Waals surface area contributed by atoms with E-state index in [1.54, 1.807) is 6.33 Å². The number of nitrogens with zero attached hydrogens (tertiary/aromatic N) is 5. The Bertz CT molecular complexity index is 595. The molecule has 3 heterocycles. The van der Waals surface area contributed by atoms with Gasteiger partial charge in [0.15, 0.2) is 0 Å². The molecule has 2 N–H and O–H groups in total. The minimum atomic E-state index is 0.535. The first-order valence-corrected chi connectivity index (χ1v) is 7.96. The second-order valence-electron chi connectivity index (χ2n) is 4.90. The highest BCUT2D eigenvalue weighted by Crippen LogP contribution is 2.21. The molecule has 0 unspecified atom stereocenters. The SMILES string of the molecule is NCc1ccc(N2CCN(c3ncncc3I)CC2)nc1. The van der Waals surface area contributed by atoms with E-state index in [2.05, 4.69) is 47.3 Å². The van der Waals surface area contributed by atoms with Crippen LogP contribution in [-0.2, 0) is 6.54 Å². The van der Waals surface area contributed by atoms with E-state index in [-0.39, 0.29) is 0 Å². The number of halogens is 1. The average Bonchev–Trinajstić information content (AvgIpc) is 2.56. The number of anilines is 2. The Morgan fingerprint density at radius 2 is 1.81 bits per heavy atom. The van der Waals surface area contributed by atoms with Gasteiger partial charge in [-0.25, -0.2) is 15.0 Å². The number of aromatic nitrogens is 3. The van der Waals surface area contributed by atoms with Gasteiger partial charge in [-0.3, -0.25) is 0 Å². The van der Waals surface area contributed by atoms with Gasteiger partial charge in [-0.15, -0.1) is 0 Å². The average molecular weight is 396 g/mol. The molecular weight excluding hydrogens is 379 g/mol. The van der Waals surface area contributed by atoms with Gasteiger partial charge >= 0.3 is 0 Å². The van der Waals surface area contributed by atoms with Crippen molar-refractivity contribution in [2.24, 2.45) is 5.73 Å². The molecule has 3 rings (SSSR count). The number of piperazine rings is 1. The minimum absolute atomic E-state index is 0.535. The Morgan fingerprint density at radius 1 is 1.05 bits per heavy atom. The number of hydrogen-bond donors (Lipinski definition) is 1. The van der Waals surface area contributed by atoms with Crippen LogP contribution in [0.1, 0.15) is 5.56 Å². The van der Waals surface area contributed by atoms with Gasteiger partial charge in [0, 0.05) is 45.1 Å². The van der Waals surface area contributed by atoms with Gasteiger partial charge in [0.25, 0.3) is 0 Å². The largest absolute Gasteiger partial charge is 0.353 e. The topological polar surface area (TPSA) is 71.2 Å². The van der Waals surface area contributed by atoms with E-state index in [0.717, 1.165) is 46.9 Å². The Balaban J connectivity index is 1.66. The molecule has 0 aromatic carbocycles. The Hall–Kier alpha value is -1.48. The molecule has 1 aliphatic rings. The fourth-order valence-corrected chi connectivity index (χ4v) is 3.05. The third-order valence-electron chi connectivity index (χ3n) is 3.60. The molecule has 0 amide bonds. The lowest BCUT2D eigenvalue weighted by atomic mass is 10.2. The summed E-state index contributed by atoms with van der Waals surface area (Å²) in [4.78, 5) is 17.5. The summed E-state index contributed by atoms with van der Waals surface area (Å²) in [6.07, 6.45) is 5.31. The smallest absolute Gasteiger partial charge is 0.145 e. The van der Waals surface area contributed by atoms with Gasteiger partial charge in [-0.2, -0.15) is 0 Å². The predicted octanol–water partition coefficient (Wildman–Crippen LogP) is 1.26. The maximum absolute atomic E-state index is 5.60. The van der Waals surface area contributed by atoms with Crippen LogP contribution in [0.15, 0.2) is 30.9 Å². The van der Waals surface area contributed by atoms with E-state index in [4.69, 9.17) is 5.73 Å². The van der Waals surface area contributed by atoms with Gasteiger partial charge in [-0.05, 0) is 34.2 Å². The van der Waals surface area contributed by atoms with Crippen molar-refractivity contribution in [3.8, 4) is 0 Å². The van der Waals surface area contributed by atoms with Crippen molar-refractivity contribution in [2.45, 2.75) is 6.54 Å². The molecule has 2 aromatic rings. The Labute approximate surface area is 137 Å². The van der Waals surface area contributed by atoms with Gasteiger partial charge < -0.3 is 15.5 Å². The van der Waals surface area contributed by atoms with Gasteiger partial charge in [-0.1, -0.05) is 6.07 Å². The van der Waals surface area contributed by atoms with Crippen LogP contribution in [-0.4, -0.2) is 41.1 Å². The lowest BCUT2D eigenvalue weighted by molar-refractivity contribution is 0.639. The second kappa shape index (κ2) is 6.52. The summed E-state index contributed by atoms with van der Waals surface area (Å²) in [6, 6.07) is 4.09. The first-order chi connectivity index (χ1) is 10.3. The summed E-state index contributed by atoms with van der Waals surface area (Å²) in [7, 11) is 0. The van der Waals surface area contributed by atoms with E-state index in [9.17, 15) is 0 Å². The molecule has 0 aliphatic carbocycles. The van der Waals surface area contributed by atoms with Crippen molar-refractivity contribution in [1.82, 2.24) is 15.0 Å². The molecule has 21 heavy (non-hydrogen) atoms. The normalized spacial score (nSPS) is 15.3. The molecule has 1 aliphatic heterocycles. The van der Waals surface area contributed by atoms with Crippen LogP contribution in [0.25, 0.3) is 0 Å². The molecule has 0 saturated carbocycles. The highest BCUT2D eigenvalue weighted by molar-refractivity contribution is 14.1. The predicted molar refractivity (Wildman–Crippen MR) is 91.3 cm³/mol. The quantitative estimate of drug-likeness (QED) is 0.788. The van der Waals surface area contributed by atoms with Crippen LogP contribution in [0.4, 0.5) is 11.6 Å². The van der Waals surface area contributed by atoms with E-state index in [1.165, 1.54) is 0 Å². The third kappa shape index (κ3) is 3.24. The van der Waals surface area contributed by atoms with E-state index < -0.39 is 0 Å². The molecule has 6 nitrogen and oxygen atoms in total. The van der Waals surface area contributed by atoms with Crippen LogP contribution in [0.2, 0.25) is 0 Å². The number of pyridine rings is 1. The van der Waals surface area contributed by atoms with Gasteiger partial charge in [0.1, 0.15) is 18.0 Å². The van der Waals surface area contributed by atoms with E-state index in [0.29, 0.717) is 6.54 Å². The van der Waals surface area contributed by atoms with Crippen molar-refractivity contribution < 1.29 is 0 Å². The summed E-state index contributed by atoms with van der Waals surface area (Å²) in [5, 5.41) is 0. The number of nitrogens with two attached hydrogens (primary N) is 1. The fourth-order valence-electron chi connectivity index (χ4n) is 2.41. The van der Waals surface area contributed by atoms with Crippen molar-refractivity contribution in [2.75, 3.05) is 36.0 Å². The van der Waals surface area contributed by atoms with Crippen LogP contribution in [0.3, 0.4) is 0 Å². The zero-order chi connectivity index (χ0) is 14.7. The lowest BCUT2D eigenvalue weighted by Crippen LogP contribution is -2.47. The highest BCUT2D eigenvalue weighted by Gasteiger charge is 2.20. The molecule has 0 spiro atoms. The molecule has 0 atom stereocenters. The van der Waals surface area contributed by atoms with Crippen molar-refractivity contribution >= 4 is 34.2 Å². The summed E-state index contributed by atoms with van der Waals surface area (Å²) in [5.41, 5.74) is 6.66. The zero-order valence-electron chi connectivity index (χ0n) is 11.6. The first-order valence-electron chi connectivity index (χ1n) is 6.88.